The topological polar surface area (TPSA) is 182 Å². The molecule has 48 heavy (non-hydrogen) atoms. The van der Waals surface area contributed by atoms with Gasteiger partial charge in [-0.2, -0.15) is 0 Å². The normalized spacial score (nSPS) is 13.1. The zero-order valence-electron chi connectivity index (χ0n) is 31.7. The average Bonchev–Trinajstić information content (AvgIpc) is 2.99. The van der Waals surface area contributed by atoms with E-state index in [0.717, 1.165) is 0 Å². The van der Waals surface area contributed by atoms with Gasteiger partial charge in [-0.05, 0) is 83.2 Å². The molecule has 0 aromatic carbocycles. The number of carbonyl (C=O) groups is 5. The van der Waals surface area contributed by atoms with Crippen molar-refractivity contribution >= 4 is 28.9 Å². The van der Waals surface area contributed by atoms with Crippen molar-refractivity contribution in [1.29, 1.82) is 0 Å². The van der Waals surface area contributed by atoms with Gasteiger partial charge in [0.2, 0.25) is 0 Å². The molecule has 0 rings (SSSR count). The van der Waals surface area contributed by atoms with Crippen LogP contribution in [0.5, 0.6) is 0 Å². The van der Waals surface area contributed by atoms with Crippen molar-refractivity contribution in [3.8, 4) is 0 Å². The predicted octanol–water partition coefficient (Wildman–Crippen LogP) is 0.389. The molecule has 0 bridgehead atoms. The van der Waals surface area contributed by atoms with Crippen LogP contribution in [0.25, 0.3) is 0 Å². The SMILES string of the molecule is CNC(C)(C)C(=O)COCCNC(C)(C)C(=O)COCCNC(C)(C)C(=O)COCCNC(C)(C)C(=O)COCCNC(C)(C)C(C)=O. The molecule has 0 aliphatic heterocycles. The van der Waals surface area contributed by atoms with Crippen molar-refractivity contribution in [3.63, 3.8) is 0 Å². The molecule has 0 spiro atoms. The van der Waals surface area contributed by atoms with E-state index in [-0.39, 0.29) is 75.2 Å². The summed E-state index contributed by atoms with van der Waals surface area (Å²) < 4.78 is 22.0. The van der Waals surface area contributed by atoms with Crippen molar-refractivity contribution in [1.82, 2.24) is 26.6 Å². The summed E-state index contributed by atoms with van der Waals surface area (Å²) in [7, 11) is 1.72. The van der Waals surface area contributed by atoms with E-state index in [0.29, 0.717) is 32.8 Å². The Morgan fingerprint density at radius 1 is 0.417 bits per heavy atom. The lowest BCUT2D eigenvalue weighted by Gasteiger charge is -2.27. The van der Waals surface area contributed by atoms with Gasteiger partial charge >= 0.3 is 0 Å². The van der Waals surface area contributed by atoms with Crippen LogP contribution in [0, 0.1) is 0 Å². The molecule has 0 aromatic rings. The zero-order valence-corrected chi connectivity index (χ0v) is 31.7. The summed E-state index contributed by atoms with van der Waals surface area (Å²) >= 11 is 0. The van der Waals surface area contributed by atoms with E-state index in [4.69, 9.17) is 18.9 Å². The molecular weight excluding hydrogens is 622 g/mol. The van der Waals surface area contributed by atoms with Crippen molar-refractivity contribution in [2.75, 3.05) is 86.1 Å². The van der Waals surface area contributed by atoms with Gasteiger partial charge in [0, 0.05) is 26.2 Å². The van der Waals surface area contributed by atoms with Gasteiger partial charge in [-0.1, -0.05) is 0 Å². The molecule has 0 saturated carbocycles. The number of Topliss-reactive ketones (excluding diaryl/α,β-unsaturated/α-hetero) is 5. The first kappa shape index (κ1) is 46.0. The minimum absolute atomic E-state index is 0.0109. The monoisotopic (exact) mass is 687 g/mol. The summed E-state index contributed by atoms with van der Waals surface area (Å²) in [5.41, 5.74) is -3.84. The second-order valence-electron chi connectivity index (χ2n) is 14.5. The van der Waals surface area contributed by atoms with Crippen molar-refractivity contribution in [2.24, 2.45) is 0 Å². The van der Waals surface area contributed by atoms with Crippen LogP contribution in [0.3, 0.4) is 0 Å². The quantitative estimate of drug-likeness (QED) is 0.0654. The third-order valence-electron chi connectivity index (χ3n) is 8.48. The maximum Gasteiger partial charge on any atom is 0.177 e. The first-order valence-electron chi connectivity index (χ1n) is 16.7. The van der Waals surface area contributed by atoms with Crippen LogP contribution in [0.1, 0.15) is 76.2 Å². The van der Waals surface area contributed by atoms with Crippen LogP contribution < -0.4 is 26.6 Å². The van der Waals surface area contributed by atoms with Crippen molar-refractivity contribution < 1.29 is 42.9 Å². The van der Waals surface area contributed by atoms with Crippen molar-refractivity contribution in [2.45, 2.75) is 104 Å². The van der Waals surface area contributed by atoms with Crippen LogP contribution in [-0.2, 0) is 42.9 Å². The number of ketones is 5. The van der Waals surface area contributed by atoms with Gasteiger partial charge in [-0.25, -0.2) is 0 Å². The summed E-state index contributed by atoms with van der Waals surface area (Å²) in [6.45, 7) is 21.6. The van der Waals surface area contributed by atoms with E-state index in [1.807, 2.05) is 0 Å². The highest BCUT2D eigenvalue weighted by Gasteiger charge is 2.30. The van der Waals surface area contributed by atoms with Gasteiger partial charge < -0.3 is 45.5 Å². The molecule has 0 atom stereocenters. The number of likely N-dealkylation sites (N-methyl/N-ethyl adjacent to an activating group) is 1. The molecule has 0 unspecified atom stereocenters. The van der Waals surface area contributed by atoms with Crippen molar-refractivity contribution in [3.05, 3.63) is 0 Å². The number of ether oxygens (including phenoxy) is 4. The van der Waals surface area contributed by atoms with E-state index < -0.39 is 27.7 Å². The van der Waals surface area contributed by atoms with E-state index in [2.05, 4.69) is 26.6 Å². The Labute approximate surface area is 288 Å². The highest BCUT2D eigenvalue weighted by molar-refractivity contribution is 5.90. The molecule has 0 heterocycles. The fourth-order valence-electron chi connectivity index (χ4n) is 3.68. The zero-order chi connectivity index (χ0) is 37.2. The summed E-state index contributed by atoms with van der Waals surface area (Å²) in [6, 6.07) is 0. The van der Waals surface area contributed by atoms with Gasteiger partial charge in [-0.3, -0.25) is 24.0 Å². The van der Waals surface area contributed by atoms with Gasteiger partial charge in [0.25, 0.3) is 0 Å². The van der Waals surface area contributed by atoms with E-state index in [1.54, 1.807) is 76.3 Å². The molecule has 14 nitrogen and oxygen atoms in total. The fourth-order valence-corrected chi connectivity index (χ4v) is 3.68. The predicted molar refractivity (Wildman–Crippen MR) is 185 cm³/mol. The molecule has 5 N–H and O–H groups in total. The third kappa shape index (κ3) is 18.1. The Kier molecular flexibility index (Phi) is 20.4. The molecule has 14 heteroatoms. The van der Waals surface area contributed by atoms with Crippen LogP contribution in [-0.4, -0.2) is 143 Å². The molecule has 0 radical (unpaired) electrons. The van der Waals surface area contributed by atoms with E-state index >= 15 is 0 Å². The lowest BCUT2D eigenvalue weighted by molar-refractivity contribution is -0.131. The summed E-state index contributed by atoms with van der Waals surface area (Å²) in [6.07, 6.45) is 0. The lowest BCUT2D eigenvalue weighted by atomic mass is 9.99. The summed E-state index contributed by atoms with van der Waals surface area (Å²) in [5, 5.41) is 15.4. The molecule has 0 saturated heterocycles. The Bertz CT molecular complexity index is 1040. The van der Waals surface area contributed by atoms with Gasteiger partial charge in [0.15, 0.2) is 23.1 Å². The van der Waals surface area contributed by atoms with Crippen LogP contribution in [0.15, 0.2) is 0 Å². The van der Waals surface area contributed by atoms with E-state index in [9.17, 15) is 24.0 Å². The molecule has 0 aliphatic rings. The largest absolute Gasteiger partial charge is 0.372 e. The third-order valence-corrected chi connectivity index (χ3v) is 8.48. The summed E-state index contributed by atoms with van der Waals surface area (Å²) in [4.78, 5) is 61.6. The van der Waals surface area contributed by atoms with Gasteiger partial charge in [0.1, 0.15) is 32.2 Å². The van der Waals surface area contributed by atoms with Crippen LogP contribution in [0.4, 0.5) is 0 Å². The lowest BCUT2D eigenvalue weighted by Crippen LogP contribution is -2.51. The maximum absolute atomic E-state index is 12.7. The molecule has 0 aliphatic carbocycles. The highest BCUT2D eigenvalue weighted by Crippen LogP contribution is 2.08. The summed E-state index contributed by atoms with van der Waals surface area (Å²) in [5.74, 6) is -0.429. The van der Waals surface area contributed by atoms with Gasteiger partial charge in [-0.15, -0.1) is 0 Å². The molecule has 0 aromatic heterocycles. The Balaban J connectivity index is 4.20. The minimum atomic E-state index is -0.869. The number of hydrogen-bond donors (Lipinski definition) is 5. The fraction of sp³-hybridized carbons (Fsp3) is 0.853. The van der Waals surface area contributed by atoms with E-state index in [1.165, 1.54) is 6.92 Å². The van der Waals surface area contributed by atoms with Gasteiger partial charge in [0.05, 0.1) is 54.1 Å². The first-order chi connectivity index (χ1) is 22.0. The standard InChI is InChI=1S/C34H65N5O9/c1-25(40)30(2,3)36-13-17-46-22-27(42)32(6,7)38-15-19-48-24-29(44)34(10,11)39-16-20-47-23-28(43)33(8,9)37-14-18-45-21-26(41)31(4,5)35-12/h35-39H,13-24H2,1-12H3. The Morgan fingerprint density at radius 2 is 0.646 bits per heavy atom. The number of carbonyl (C=O) groups excluding carboxylic acids is 5. The number of rotatable bonds is 30. The molecule has 0 fully saturated rings. The number of nitrogens with one attached hydrogen (secondary N) is 5. The average molecular weight is 688 g/mol. The maximum atomic E-state index is 12.7. The Morgan fingerprint density at radius 3 is 0.875 bits per heavy atom. The second kappa shape index (κ2) is 21.3. The second-order valence-corrected chi connectivity index (χ2v) is 14.5. The van der Waals surface area contributed by atoms with Crippen LogP contribution in [0.2, 0.25) is 0 Å². The molecular formula is C34H65N5O9. The molecule has 0 amide bonds. The Hall–Kier alpha value is -2.01. The van der Waals surface area contributed by atoms with Crippen LogP contribution >= 0.6 is 0 Å². The smallest absolute Gasteiger partial charge is 0.177 e. The molecule has 280 valence electrons. The first-order valence-corrected chi connectivity index (χ1v) is 16.7. The minimum Gasteiger partial charge on any atom is -0.372 e. The number of hydrogen-bond acceptors (Lipinski definition) is 14. The highest BCUT2D eigenvalue weighted by atomic mass is 16.5.